The topological polar surface area (TPSA) is 454 Å². The van der Waals surface area contributed by atoms with Gasteiger partial charge in [-0.1, -0.05) is 142 Å². The Hall–Kier alpha value is -12.6. The maximum atomic E-state index is 14.1. The Bertz CT molecular complexity index is 5820. The zero-order valence-corrected chi connectivity index (χ0v) is 79.0. The van der Waals surface area contributed by atoms with Gasteiger partial charge in [-0.05, 0) is 110 Å². The summed E-state index contributed by atoms with van der Waals surface area (Å²) in [5, 5.41) is 61.7. The average Bonchev–Trinajstić information content (AvgIpc) is 1.67. The number of nitrogens with two attached hydrogens (primary N) is 1. The Balaban J connectivity index is 0.000000177. The molecule has 8 atom stereocenters. The highest BCUT2D eigenvalue weighted by Crippen LogP contribution is 2.46. The van der Waals surface area contributed by atoms with Gasteiger partial charge in [-0.2, -0.15) is 0 Å². The number of ether oxygens (including phenoxy) is 2. The molecule has 4 aromatic carbocycles. The van der Waals surface area contributed by atoms with E-state index in [9.17, 15) is 53.7 Å². The summed E-state index contributed by atoms with van der Waals surface area (Å²) in [4.78, 5) is 142. The average molecular weight is 1850 g/mol. The molecule has 4 aliphatic heterocycles. The number of nitrogens with one attached hydrogen (secondary N) is 5. The number of anilines is 2. The lowest BCUT2D eigenvalue weighted by molar-refractivity contribution is -0.144. The fourth-order valence-electron chi connectivity index (χ4n) is 18.5. The minimum absolute atomic E-state index is 0.00537. The van der Waals surface area contributed by atoms with Crippen LogP contribution in [0.3, 0.4) is 0 Å². The first-order valence-electron chi connectivity index (χ1n) is 45.6. The predicted molar refractivity (Wildman–Crippen MR) is 502 cm³/mol. The summed E-state index contributed by atoms with van der Waals surface area (Å²) in [5.41, 5.74) is 17.6. The highest BCUT2D eigenvalue weighted by atomic mass is 32.1. The molecule has 10 heterocycles. The number of amides is 7. The quantitative estimate of drug-likeness (QED) is 0.0210. The molecule has 2 saturated heterocycles. The molecule has 10 aromatic rings. The second-order valence-corrected chi connectivity index (χ2v) is 38.5. The zero-order valence-electron chi connectivity index (χ0n) is 77.4. The highest BCUT2D eigenvalue weighted by molar-refractivity contribution is 7.13. The summed E-state index contributed by atoms with van der Waals surface area (Å²) < 4.78 is 15.2. The van der Waals surface area contributed by atoms with Crippen LogP contribution in [0.5, 0.6) is 11.5 Å². The summed E-state index contributed by atoms with van der Waals surface area (Å²) in [7, 11) is 3.09. The van der Waals surface area contributed by atoms with Crippen LogP contribution in [0, 0.1) is 24.7 Å². The Morgan fingerprint density at radius 3 is 1.35 bits per heavy atom. The number of hydrogen-bond acceptors (Lipinski definition) is 27. The Kier molecular flexibility index (Phi) is 30.9. The van der Waals surface area contributed by atoms with Gasteiger partial charge in [0.2, 0.25) is 35.4 Å². The van der Waals surface area contributed by atoms with Crippen molar-refractivity contribution in [2.75, 3.05) is 50.2 Å². The number of β-amino-alcohol motifs (C(OH)–C–C–N with tert-alkyl or cyclic N) is 2. The molecule has 7 amide bonds. The Labute approximate surface area is 781 Å². The number of likely N-dealkylation sites (tertiary alicyclic amines) is 2. The fraction of sp³-hybridized carbons (Fsp3) is 0.479. The number of carboxylic acid groups (broad SMARTS) is 1. The van der Waals surface area contributed by atoms with Crippen LogP contribution in [0.15, 0.2) is 121 Å². The number of methoxy groups -OCH3 is 2. The summed E-state index contributed by atoms with van der Waals surface area (Å²) in [6.45, 7) is 20.0. The number of aryl methyl sites for hydroxylation is 2. The van der Waals surface area contributed by atoms with Crippen molar-refractivity contribution < 1.29 is 63.1 Å². The first-order valence-corrected chi connectivity index (χ1v) is 47.4. The number of aliphatic hydroxyl groups excluding tert-OH is 2. The van der Waals surface area contributed by atoms with Crippen molar-refractivity contribution in [2.45, 2.75) is 246 Å². The lowest BCUT2D eigenvalue weighted by atomic mass is 9.85. The number of fused-ring (bicyclic) bond motifs is 6. The van der Waals surface area contributed by atoms with Crippen molar-refractivity contribution in [3.05, 3.63) is 189 Å². The standard InChI is InChI=1S/C48H59N11O6S.C25H35N5O4S.C23H26N6O3/c1-7-35-44-56-53-26-58(44)37-24-50-39(54-43(37)59(35)33-10-8-9-11-33)21-31-16-17-32(20-38(31)65-6)45(62)49-19-18-40(61)55-42(48(3,4)5)47(64)57-25-34(60)22-36(57)46(63)51-23-29-12-14-30(15-13-29)41-28(2)52-27-66-41;1-15-21(35-14-28-15)17-7-5-16(6-8-17)12-27-23(33)19-11-18(31)13-30(19)24(34)22(25(2,3)4)29-20(32)9-10-26;1-3-17-22-27-25-13-28(22)18-12-24-20(26-21(18)29(17)16-6-4-5-7-16)11-14-8-9-15(23(30)31)10-19(14)32-2/h12-17,20,24,26-27,33-36,42,60H,7-11,18-19,21-23,25H2,1-6H3,(H,49,62)(H,51,63)(H,55,61);5-8,14,18-19,22,31H,9-13,26H2,1-4H3,(H,27,33)(H,29,32);8-10,12-13,16-17H,3-7,11H2,1-2H3,(H,30,31)/t34-,35-,36+,42-;18-,19+,22-;17-/m111/s1. The normalized spacial score (nSPS) is 18.5. The third-order valence-corrected chi connectivity index (χ3v) is 27.4. The molecule has 704 valence electrons. The molecule has 35 nitrogen and oxygen atoms in total. The molecule has 0 bridgehead atoms. The number of carbonyl (C=O) groups is 8. The van der Waals surface area contributed by atoms with Crippen molar-refractivity contribution in [3.63, 3.8) is 0 Å². The van der Waals surface area contributed by atoms with E-state index in [-0.39, 0.29) is 99.7 Å². The number of carbonyl (C=O) groups excluding carboxylic acids is 7. The third kappa shape index (κ3) is 22.2. The minimum atomic E-state index is -1.00. The molecule has 0 spiro atoms. The molecule has 10 N–H and O–H groups in total. The number of rotatable bonds is 29. The summed E-state index contributed by atoms with van der Waals surface area (Å²) in [6.07, 6.45) is 17.6. The van der Waals surface area contributed by atoms with E-state index in [4.69, 9.17) is 30.2 Å². The van der Waals surface area contributed by atoms with Gasteiger partial charge in [0, 0.05) is 107 Å². The SMILES string of the molecule is CC[C@@H]1c2nncn2-c2cnc(Cc3ccc(C(=O)NCCC(=O)N[C@H](C(=O)N4C[C@H](O)C[C@H]4C(=O)NCc4ccc(-c5scnc5C)cc4)C(C)(C)C)cc3OC)nc2N1C1CCCC1.CC[C@@H]1c2nncn2-c2cnc(Cc3ccc(C(=O)O)cc3OC)nc2N1C1CCCC1.Cc1ncsc1-c1ccc(CNC(=O)[C@@H]2C[C@@H](O)CN2C(=O)[C@@H](NC(=O)CCN)C(C)(C)C)cc1. The molecule has 2 aliphatic carbocycles. The monoisotopic (exact) mass is 1850 g/mol. The van der Waals surface area contributed by atoms with Gasteiger partial charge in [-0.15, -0.1) is 43.1 Å². The van der Waals surface area contributed by atoms with E-state index in [1.165, 1.54) is 41.5 Å². The van der Waals surface area contributed by atoms with E-state index in [0.717, 1.165) is 128 Å². The van der Waals surface area contributed by atoms with Crippen LogP contribution in [-0.4, -0.2) is 221 Å². The van der Waals surface area contributed by atoms with Crippen LogP contribution in [0.25, 0.3) is 32.3 Å². The fourth-order valence-corrected chi connectivity index (χ4v) is 20.1. The van der Waals surface area contributed by atoms with Crippen LogP contribution >= 0.6 is 22.7 Å². The van der Waals surface area contributed by atoms with Crippen LogP contribution in [0.2, 0.25) is 0 Å². The van der Waals surface area contributed by atoms with E-state index in [2.05, 4.69) is 85.6 Å². The predicted octanol–water partition coefficient (Wildman–Crippen LogP) is 10.4. The second kappa shape index (κ2) is 42.5. The lowest BCUT2D eigenvalue weighted by Gasteiger charge is -2.40. The van der Waals surface area contributed by atoms with Crippen molar-refractivity contribution in [1.82, 2.24) is 95.8 Å². The van der Waals surface area contributed by atoms with Gasteiger partial charge in [0.15, 0.2) is 23.3 Å². The number of aromatic carboxylic acids is 1. The van der Waals surface area contributed by atoms with Gasteiger partial charge < -0.3 is 76.7 Å². The molecule has 37 heteroatoms. The van der Waals surface area contributed by atoms with Gasteiger partial charge in [-0.25, -0.2) is 34.7 Å². The first-order chi connectivity index (χ1) is 63.8. The molecule has 4 fully saturated rings. The number of thiazole rings is 2. The third-order valence-electron chi connectivity index (χ3n) is 25.4. The molecule has 0 unspecified atom stereocenters. The first kappa shape index (κ1) is 96.5. The number of nitrogens with zero attached hydrogens (tertiary/aromatic N) is 16. The number of hydrogen-bond donors (Lipinski definition) is 9. The van der Waals surface area contributed by atoms with E-state index in [1.54, 1.807) is 73.8 Å². The van der Waals surface area contributed by atoms with Crippen LogP contribution in [0.1, 0.15) is 235 Å². The molecule has 0 radical (unpaired) electrons. The molecule has 6 aliphatic rings. The van der Waals surface area contributed by atoms with E-state index < -0.39 is 70.9 Å². The lowest BCUT2D eigenvalue weighted by Crippen LogP contribution is -2.57. The summed E-state index contributed by atoms with van der Waals surface area (Å²) in [6, 6.07) is 23.2. The largest absolute Gasteiger partial charge is 0.496 e. The number of aliphatic hydroxyl groups is 2. The number of benzene rings is 4. The number of carboxylic acids is 1. The van der Waals surface area contributed by atoms with Crippen LogP contribution in [-0.2, 0) is 54.7 Å². The maximum Gasteiger partial charge on any atom is 0.335 e. The van der Waals surface area contributed by atoms with E-state index >= 15 is 0 Å². The van der Waals surface area contributed by atoms with Gasteiger partial charge in [0.25, 0.3) is 5.91 Å². The molecule has 6 aromatic heterocycles. The summed E-state index contributed by atoms with van der Waals surface area (Å²) >= 11 is 3.15. The van der Waals surface area contributed by atoms with Crippen molar-refractivity contribution in [1.29, 1.82) is 0 Å². The molecule has 2 saturated carbocycles. The van der Waals surface area contributed by atoms with Gasteiger partial charge in [0.05, 0.1) is 88.6 Å². The number of aromatic nitrogens is 12. The van der Waals surface area contributed by atoms with Gasteiger partial charge >= 0.3 is 5.97 Å². The molecule has 16 rings (SSSR count). The molecule has 133 heavy (non-hydrogen) atoms. The smallest absolute Gasteiger partial charge is 0.335 e. The van der Waals surface area contributed by atoms with Crippen molar-refractivity contribution in [2.24, 2.45) is 16.6 Å². The van der Waals surface area contributed by atoms with Gasteiger partial charge in [-0.3, -0.25) is 42.7 Å². The van der Waals surface area contributed by atoms with Crippen molar-refractivity contribution in [3.8, 4) is 43.8 Å². The van der Waals surface area contributed by atoms with E-state index in [0.29, 0.717) is 60.2 Å². The molecular weight excluding hydrogens is 1730 g/mol. The van der Waals surface area contributed by atoms with E-state index in [1.807, 2.05) is 143 Å². The van der Waals surface area contributed by atoms with Crippen LogP contribution < -0.4 is 51.6 Å². The zero-order chi connectivity index (χ0) is 94.7. The Morgan fingerprint density at radius 1 is 0.549 bits per heavy atom. The minimum Gasteiger partial charge on any atom is -0.496 e. The Morgan fingerprint density at radius 2 is 0.962 bits per heavy atom. The highest BCUT2D eigenvalue weighted by Gasteiger charge is 2.48. The second-order valence-electron chi connectivity index (χ2n) is 36.8. The summed E-state index contributed by atoms with van der Waals surface area (Å²) in [5.74, 6) is 2.23. The van der Waals surface area contributed by atoms with Crippen LogP contribution in [0.4, 0.5) is 11.6 Å². The maximum absolute atomic E-state index is 14.1. The molecular formula is C96H120N22O13S2. The van der Waals surface area contributed by atoms with Crippen molar-refractivity contribution >= 4 is 81.6 Å². The van der Waals surface area contributed by atoms with Gasteiger partial charge in [0.1, 0.15) is 71.3 Å².